The normalized spacial score (nSPS) is 11.5. The lowest BCUT2D eigenvalue weighted by atomic mass is 10.2. The molecule has 0 saturated carbocycles. The largest absolute Gasteiger partial charge is 0.423 e. The van der Waals surface area contributed by atoms with E-state index in [2.05, 4.69) is 0 Å². The van der Waals surface area contributed by atoms with Crippen molar-refractivity contribution < 1.29 is 18.1 Å². The Morgan fingerprint density at radius 3 is 2.53 bits per heavy atom. The van der Waals surface area contributed by atoms with Gasteiger partial charge in [0.2, 0.25) is 0 Å². The molecule has 1 aromatic carbocycles. The number of nitrogens with zero attached hydrogens (tertiary/aromatic N) is 1. The molecule has 0 aromatic heterocycles. The van der Waals surface area contributed by atoms with Crippen LogP contribution in [0, 0.1) is 10.1 Å². The molecule has 0 aliphatic rings. The van der Waals surface area contributed by atoms with Crippen LogP contribution in [0.4, 0.5) is 18.9 Å². The van der Waals surface area contributed by atoms with E-state index >= 15 is 0 Å². The first kappa shape index (κ1) is 14.1. The molecule has 94 valence electrons. The first-order valence-corrected chi connectivity index (χ1v) is 5.92. The van der Waals surface area contributed by atoms with E-state index in [-0.39, 0.29) is 0 Å². The van der Waals surface area contributed by atoms with Crippen LogP contribution in [0.2, 0.25) is 0 Å². The zero-order valence-electron chi connectivity index (χ0n) is 8.33. The summed E-state index contributed by atoms with van der Waals surface area (Å²) < 4.78 is 37.7. The highest BCUT2D eigenvalue weighted by Crippen LogP contribution is 2.38. The lowest BCUT2D eigenvalue weighted by Gasteiger charge is -2.09. The molecule has 0 aliphatic heterocycles. The van der Waals surface area contributed by atoms with Crippen molar-refractivity contribution in [1.82, 2.24) is 0 Å². The predicted molar refractivity (Wildman–Crippen MR) is 59.5 cm³/mol. The topological polar surface area (TPSA) is 43.1 Å². The van der Waals surface area contributed by atoms with Crippen LogP contribution in [-0.2, 0) is 6.18 Å². The predicted octanol–water partition coefficient (Wildman–Crippen LogP) is 3.94. The van der Waals surface area contributed by atoms with Crippen LogP contribution in [0.1, 0.15) is 5.56 Å². The van der Waals surface area contributed by atoms with Gasteiger partial charge in [-0.2, -0.15) is 13.2 Å². The Morgan fingerprint density at radius 1 is 1.41 bits per heavy atom. The maximum atomic E-state index is 12.6. The van der Waals surface area contributed by atoms with Crippen molar-refractivity contribution in [3.8, 4) is 0 Å². The standard InChI is InChI=1S/C9H7ClF3NO2S/c10-3-4-17-6-1-2-8(14(15)16)7(5-6)9(11,12)13/h1-2,5H,3-4H2. The molecule has 0 aliphatic carbocycles. The van der Waals surface area contributed by atoms with Gasteiger partial charge in [0.15, 0.2) is 0 Å². The summed E-state index contributed by atoms with van der Waals surface area (Å²) in [6, 6.07) is 2.92. The van der Waals surface area contributed by atoms with E-state index < -0.39 is 22.4 Å². The van der Waals surface area contributed by atoms with Crippen LogP contribution in [0.15, 0.2) is 23.1 Å². The van der Waals surface area contributed by atoms with Crippen LogP contribution in [0.3, 0.4) is 0 Å². The summed E-state index contributed by atoms with van der Waals surface area (Å²) in [4.78, 5) is 9.74. The Morgan fingerprint density at radius 2 is 2.06 bits per heavy atom. The molecule has 1 rings (SSSR count). The van der Waals surface area contributed by atoms with E-state index in [1.165, 1.54) is 6.07 Å². The number of alkyl halides is 4. The number of nitro groups is 1. The number of halogens is 4. The summed E-state index contributed by atoms with van der Waals surface area (Å²) in [6.07, 6.45) is -4.74. The summed E-state index contributed by atoms with van der Waals surface area (Å²) in [5.74, 6) is 0.736. The molecular weight excluding hydrogens is 279 g/mol. The van der Waals surface area contributed by atoms with Crippen LogP contribution < -0.4 is 0 Å². The fourth-order valence-corrected chi connectivity index (χ4v) is 2.06. The van der Waals surface area contributed by atoms with E-state index in [0.717, 1.165) is 23.9 Å². The molecule has 3 nitrogen and oxygen atoms in total. The van der Waals surface area contributed by atoms with E-state index in [1.54, 1.807) is 0 Å². The van der Waals surface area contributed by atoms with Gasteiger partial charge in [-0.3, -0.25) is 10.1 Å². The number of thioether (sulfide) groups is 1. The Hall–Kier alpha value is -0.950. The molecule has 0 atom stereocenters. The average Bonchev–Trinajstić information content (AvgIpc) is 2.24. The van der Waals surface area contributed by atoms with Crippen LogP contribution in [0.25, 0.3) is 0 Å². The number of benzene rings is 1. The summed E-state index contributed by atoms with van der Waals surface area (Å²) in [5, 5.41) is 10.5. The zero-order valence-corrected chi connectivity index (χ0v) is 9.90. The van der Waals surface area contributed by atoms with Gasteiger partial charge in [0.25, 0.3) is 5.69 Å². The van der Waals surface area contributed by atoms with E-state index in [4.69, 9.17) is 11.6 Å². The SMILES string of the molecule is O=[N+]([O-])c1ccc(SCCCl)cc1C(F)(F)F. The first-order valence-electron chi connectivity index (χ1n) is 4.40. The molecule has 0 bridgehead atoms. The molecule has 0 spiro atoms. The van der Waals surface area contributed by atoms with Gasteiger partial charge in [0.05, 0.1) is 4.92 Å². The molecule has 0 amide bonds. The fourth-order valence-electron chi connectivity index (χ4n) is 1.15. The molecule has 0 N–H and O–H groups in total. The van der Waals surface area contributed by atoms with Crippen molar-refractivity contribution in [3.05, 3.63) is 33.9 Å². The second-order valence-electron chi connectivity index (χ2n) is 2.97. The highest BCUT2D eigenvalue weighted by atomic mass is 35.5. The van der Waals surface area contributed by atoms with Crippen molar-refractivity contribution in [3.63, 3.8) is 0 Å². The van der Waals surface area contributed by atoms with Gasteiger partial charge >= 0.3 is 6.18 Å². The molecule has 0 fully saturated rings. The molecule has 0 radical (unpaired) electrons. The van der Waals surface area contributed by atoms with Crippen LogP contribution in [0.5, 0.6) is 0 Å². The Labute approximate surface area is 104 Å². The number of rotatable bonds is 4. The van der Waals surface area contributed by atoms with Crippen molar-refractivity contribution in [2.24, 2.45) is 0 Å². The monoisotopic (exact) mass is 285 g/mol. The van der Waals surface area contributed by atoms with Crippen LogP contribution in [-0.4, -0.2) is 16.6 Å². The maximum absolute atomic E-state index is 12.6. The molecule has 0 saturated heterocycles. The molecule has 0 unspecified atom stereocenters. The number of hydrogen-bond acceptors (Lipinski definition) is 3. The van der Waals surface area contributed by atoms with Gasteiger partial charge in [0, 0.05) is 22.6 Å². The molecule has 8 heteroatoms. The minimum Gasteiger partial charge on any atom is -0.258 e. The van der Waals surface area contributed by atoms with Gasteiger partial charge in [-0.15, -0.1) is 23.4 Å². The van der Waals surface area contributed by atoms with E-state index in [1.807, 2.05) is 0 Å². The lowest BCUT2D eigenvalue weighted by Crippen LogP contribution is -2.09. The molecule has 0 heterocycles. The van der Waals surface area contributed by atoms with Crippen molar-refractivity contribution in [2.75, 3.05) is 11.6 Å². The summed E-state index contributed by atoms with van der Waals surface area (Å²) in [5.41, 5.74) is -2.17. The lowest BCUT2D eigenvalue weighted by molar-refractivity contribution is -0.388. The van der Waals surface area contributed by atoms with Gasteiger partial charge < -0.3 is 0 Å². The summed E-state index contributed by atoms with van der Waals surface area (Å²) >= 11 is 6.53. The van der Waals surface area contributed by atoms with Crippen LogP contribution >= 0.6 is 23.4 Å². The van der Waals surface area contributed by atoms with E-state index in [9.17, 15) is 23.3 Å². The van der Waals surface area contributed by atoms with Gasteiger partial charge in [0.1, 0.15) is 5.56 Å². The molecule has 17 heavy (non-hydrogen) atoms. The third kappa shape index (κ3) is 3.78. The molecule has 1 aromatic rings. The average molecular weight is 286 g/mol. The summed E-state index contributed by atoms with van der Waals surface area (Å²) in [7, 11) is 0. The Kier molecular flexibility index (Phi) is 4.64. The third-order valence-corrected chi connectivity index (χ3v) is 3.22. The van der Waals surface area contributed by atoms with Gasteiger partial charge in [-0.05, 0) is 12.1 Å². The minimum absolute atomic E-state index is 0.295. The number of hydrogen-bond donors (Lipinski definition) is 0. The Balaban J connectivity index is 3.15. The summed E-state index contributed by atoms with van der Waals surface area (Å²) in [6.45, 7) is 0. The molecular formula is C9H7ClF3NO2S. The zero-order chi connectivity index (χ0) is 13.1. The minimum atomic E-state index is -4.74. The van der Waals surface area contributed by atoms with Gasteiger partial charge in [-0.25, -0.2) is 0 Å². The Bertz CT molecular complexity index is 425. The van der Waals surface area contributed by atoms with Gasteiger partial charge in [-0.1, -0.05) is 0 Å². The van der Waals surface area contributed by atoms with Crippen molar-refractivity contribution in [1.29, 1.82) is 0 Å². The second kappa shape index (κ2) is 5.59. The quantitative estimate of drug-likeness (QED) is 0.364. The highest BCUT2D eigenvalue weighted by molar-refractivity contribution is 7.99. The maximum Gasteiger partial charge on any atom is 0.423 e. The second-order valence-corrected chi connectivity index (χ2v) is 4.52. The third-order valence-electron chi connectivity index (χ3n) is 1.82. The van der Waals surface area contributed by atoms with E-state index in [0.29, 0.717) is 16.5 Å². The van der Waals surface area contributed by atoms with Crippen molar-refractivity contribution in [2.45, 2.75) is 11.1 Å². The fraction of sp³-hybridized carbons (Fsp3) is 0.333. The smallest absolute Gasteiger partial charge is 0.258 e. The number of nitro benzene ring substituents is 1. The van der Waals surface area contributed by atoms with Crippen molar-refractivity contribution >= 4 is 29.1 Å². The highest BCUT2D eigenvalue weighted by Gasteiger charge is 2.38. The first-order chi connectivity index (χ1) is 7.86.